The van der Waals surface area contributed by atoms with E-state index in [2.05, 4.69) is 15.3 Å². The third kappa shape index (κ3) is 8.47. The molecule has 9 atom stereocenters. The number of ether oxygens (including phenoxy) is 3. The van der Waals surface area contributed by atoms with Crippen molar-refractivity contribution in [3.05, 3.63) is 52.8 Å². The zero-order valence-corrected chi connectivity index (χ0v) is 35.9. The summed E-state index contributed by atoms with van der Waals surface area (Å²) in [6, 6.07) is 0.561. The summed E-state index contributed by atoms with van der Waals surface area (Å²) >= 11 is 0. The lowest BCUT2D eigenvalue weighted by Crippen LogP contribution is -2.47. The molecule has 0 spiro atoms. The highest BCUT2D eigenvalue weighted by Gasteiger charge is 2.50. The lowest BCUT2D eigenvalue weighted by atomic mass is 9.78. The van der Waals surface area contributed by atoms with E-state index in [1.807, 2.05) is 5.01 Å². The predicted octanol–water partition coefficient (Wildman–Crippen LogP) is 5.08. The van der Waals surface area contributed by atoms with E-state index in [0.29, 0.717) is 19.1 Å². The second kappa shape index (κ2) is 18.1. The van der Waals surface area contributed by atoms with Crippen LogP contribution in [-0.2, 0) is 14.3 Å². The number of carbonyl (C=O) groups is 2. The largest absolute Gasteiger partial charge is 0.507 e. The van der Waals surface area contributed by atoms with E-state index >= 15 is 0 Å². The molecular weight excluding hydrogens is 773 g/mol. The van der Waals surface area contributed by atoms with Gasteiger partial charge < -0.3 is 50.2 Å². The maximum Gasteiger partial charge on any atom is 0.312 e. The molecule has 328 valence electrons. The number of amides is 1. The van der Waals surface area contributed by atoms with Gasteiger partial charge in [-0.3, -0.25) is 19.5 Å². The number of allylic oxidation sites excluding steroid dienone is 2. The molecule has 2 fully saturated rings. The van der Waals surface area contributed by atoms with Gasteiger partial charge in [0.1, 0.15) is 17.2 Å². The van der Waals surface area contributed by atoms with Crippen LogP contribution in [0.15, 0.2) is 41.2 Å². The number of aliphatic hydroxyl groups is 3. The number of phenols is 3. The summed E-state index contributed by atoms with van der Waals surface area (Å²) in [6.07, 6.45) is 9.71. The number of hydrazone groups is 1. The topological polar surface area (TPSA) is 214 Å². The summed E-state index contributed by atoms with van der Waals surface area (Å²) in [5.41, 5.74) is -0.233. The fraction of sp³-hybridized carbons (Fsp3) is 0.578. The van der Waals surface area contributed by atoms with Crippen LogP contribution >= 0.6 is 0 Å². The van der Waals surface area contributed by atoms with Crippen LogP contribution in [0.1, 0.15) is 88.7 Å². The molecule has 4 heterocycles. The highest BCUT2D eigenvalue weighted by Crippen LogP contribution is 2.55. The van der Waals surface area contributed by atoms with Crippen LogP contribution < -0.4 is 10.1 Å². The summed E-state index contributed by atoms with van der Waals surface area (Å²) in [5.74, 6) is -7.52. The molecule has 5 bridgehead atoms. The van der Waals surface area contributed by atoms with Crippen molar-refractivity contribution in [3.63, 3.8) is 0 Å². The number of aliphatic hydroxyl groups excluding tert-OH is 3. The first kappa shape index (κ1) is 44.9. The summed E-state index contributed by atoms with van der Waals surface area (Å²) in [6.45, 7) is 14.1. The molecule has 0 aromatic heterocycles. The first-order valence-electron chi connectivity index (χ1n) is 21.0. The van der Waals surface area contributed by atoms with E-state index in [0.717, 1.165) is 13.1 Å². The predicted molar refractivity (Wildman–Crippen MR) is 227 cm³/mol. The molecule has 4 aliphatic heterocycles. The van der Waals surface area contributed by atoms with Gasteiger partial charge in [0.15, 0.2) is 5.75 Å². The molecule has 60 heavy (non-hydrogen) atoms. The third-order valence-corrected chi connectivity index (χ3v) is 13.3. The Kier molecular flexibility index (Phi) is 13.6. The van der Waals surface area contributed by atoms with Crippen molar-refractivity contribution in [1.82, 2.24) is 9.91 Å². The second-order valence-electron chi connectivity index (χ2n) is 17.2. The van der Waals surface area contributed by atoms with Crippen molar-refractivity contribution in [2.45, 2.75) is 110 Å². The van der Waals surface area contributed by atoms with E-state index in [9.17, 15) is 40.2 Å². The Morgan fingerprint density at radius 1 is 0.867 bits per heavy atom. The summed E-state index contributed by atoms with van der Waals surface area (Å²) in [5, 5.41) is 78.4. The van der Waals surface area contributed by atoms with Gasteiger partial charge in [-0.25, -0.2) is 0 Å². The van der Waals surface area contributed by atoms with Crippen molar-refractivity contribution in [2.24, 2.45) is 28.8 Å². The first-order chi connectivity index (χ1) is 28.4. The molecule has 5 aliphatic rings. The molecule has 7 N–H and O–H groups in total. The maximum atomic E-state index is 14.4. The molecule has 15 nitrogen and oxygen atoms in total. The number of hydrogen-bond donors (Lipinski definition) is 7. The number of piperazine rings is 1. The summed E-state index contributed by atoms with van der Waals surface area (Å²) in [7, 11) is 1.45. The fourth-order valence-electron chi connectivity index (χ4n) is 9.08. The molecule has 2 aromatic carbocycles. The first-order valence-corrected chi connectivity index (χ1v) is 21.0. The molecule has 1 saturated carbocycles. The average Bonchev–Trinajstić information content (AvgIpc) is 3.87. The van der Waals surface area contributed by atoms with Gasteiger partial charge in [-0.05, 0) is 32.8 Å². The van der Waals surface area contributed by atoms with Crippen LogP contribution in [0, 0.1) is 30.6 Å². The van der Waals surface area contributed by atoms with Gasteiger partial charge in [0.2, 0.25) is 0 Å². The number of Topliss-reactive ketones (excluding diaryl/α,β-unsaturated/α-hetero) is 1. The minimum absolute atomic E-state index is 0.0742. The Labute approximate surface area is 351 Å². The third-order valence-electron chi connectivity index (χ3n) is 13.3. The lowest BCUT2D eigenvalue weighted by Gasteiger charge is -2.36. The summed E-state index contributed by atoms with van der Waals surface area (Å²) in [4.78, 5) is 30.7. The van der Waals surface area contributed by atoms with Crippen molar-refractivity contribution < 1.29 is 54.4 Å². The zero-order chi connectivity index (χ0) is 43.8. The summed E-state index contributed by atoms with van der Waals surface area (Å²) < 4.78 is 17.8. The Morgan fingerprint density at radius 2 is 1.50 bits per heavy atom. The number of hydrogen-bond acceptors (Lipinski definition) is 14. The van der Waals surface area contributed by atoms with Gasteiger partial charge in [-0.15, -0.1) is 0 Å². The average molecular weight is 835 g/mol. The van der Waals surface area contributed by atoms with Crippen LogP contribution in [0.3, 0.4) is 0 Å². The van der Waals surface area contributed by atoms with Gasteiger partial charge in [0.05, 0.1) is 59.1 Å². The SMILES string of the molecule is CO[C@H]1C=CO[C@@]2(C)Oc3c(C)c(O)c4c(O)c(c(/C=N/N5CCN(C6CCCC6)CC5)c(O)c4c3C2=O)NC(=O)C(C)=CC=C[C@H](C)[C@H](O)[C@@H](C)[C@@H](O)[C@@H](C)[C@H](O)[C@@H]1C. The van der Waals surface area contributed by atoms with Crippen LogP contribution in [0.2, 0.25) is 0 Å². The van der Waals surface area contributed by atoms with E-state index in [1.165, 1.54) is 71.3 Å². The number of fused-ring (bicyclic) bond motifs is 14. The standard InChI is InChI=1S/C45H62N4O11/c1-23-12-11-13-24(2)44(57)47-35-30(22-46-49-19-17-48(18-20-49)29-14-9-10-15-29)40(54)32-33(41(35)55)39(53)28(6)42-34(32)43(56)45(7,60-42)59-21-16-31(58-8)25(3)37(51)27(5)38(52)26(4)36(23)50/h11-13,16,21-23,25-27,29,31,36-38,50-55H,9-10,14-15,17-20H2,1-8H3,(H,47,57)/b12-11?,21-16?,24-13?,46-22+/t23-,25+,26+,27-,31-,36-,37+,38+,45-/m0/s1. The number of nitrogens with zero attached hydrogens (tertiary/aromatic N) is 3. The van der Waals surface area contributed by atoms with Crippen LogP contribution in [0.25, 0.3) is 10.8 Å². The minimum Gasteiger partial charge on any atom is -0.507 e. The minimum atomic E-state index is -2.01. The van der Waals surface area contributed by atoms with Crippen molar-refractivity contribution in [1.29, 1.82) is 0 Å². The molecule has 7 rings (SSSR count). The Bertz CT molecular complexity index is 2070. The number of phenolic OH excluding ortho intramolecular Hbond substituents is 3. The normalized spacial score (nSPS) is 31.6. The molecule has 0 radical (unpaired) electrons. The molecule has 1 aliphatic carbocycles. The number of benzene rings is 2. The van der Waals surface area contributed by atoms with E-state index in [1.54, 1.807) is 46.8 Å². The van der Waals surface area contributed by atoms with Gasteiger partial charge in [-0.2, -0.15) is 5.10 Å². The number of carbonyl (C=O) groups excluding carboxylic acids is 2. The highest BCUT2D eigenvalue weighted by atomic mass is 16.7. The molecular formula is C45H62N4O11. The lowest BCUT2D eigenvalue weighted by molar-refractivity contribution is -0.112. The van der Waals surface area contributed by atoms with Crippen LogP contribution in [0.5, 0.6) is 23.0 Å². The van der Waals surface area contributed by atoms with Crippen molar-refractivity contribution in [2.75, 3.05) is 38.6 Å². The molecule has 2 aromatic rings. The molecule has 1 amide bonds. The van der Waals surface area contributed by atoms with Gasteiger partial charge in [0, 0.05) is 86.4 Å². The molecule has 0 unspecified atom stereocenters. The van der Waals surface area contributed by atoms with Crippen LogP contribution in [-0.4, -0.2) is 128 Å². The molecule has 15 heteroatoms. The zero-order valence-electron chi connectivity index (χ0n) is 35.9. The number of methoxy groups -OCH3 is 1. The second-order valence-corrected chi connectivity index (χ2v) is 17.2. The van der Waals surface area contributed by atoms with Crippen molar-refractivity contribution >= 4 is 34.4 Å². The molecule has 1 saturated heterocycles. The van der Waals surface area contributed by atoms with Gasteiger partial charge in [0.25, 0.3) is 11.7 Å². The van der Waals surface area contributed by atoms with Crippen LogP contribution in [0.4, 0.5) is 5.69 Å². The van der Waals surface area contributed by atoms with E-state index in [4.69, 9.17) is 14.2 Å². The Hall–Kier alpha value is -4.67. The van der Waals surface area contributed by atoms with E-state index < -0.39 is 82.8 Å². The number of nitrogens with one attached hydrogen (secondary N) is 1. The number of rotatable bonds is 4. The highest BCUT2D eigenvalue weighted by molar-refractivity contribution is 6.23. The quantitative estimate of drug-likeness (QED) is 0.122. The smallest absolute Gasteiger partial charge is 0.312 e. The monoisotopic (exact) mass is 834 g/mol. The van der Waals surface area contributed by atoms with Crippen molar-refractivity contribution in [3.8, 4) is 23.0 Å². The van der Waals surface area contributed by atoms with Gasteiger partial charge in [-0.1, -0.05) is 58.8 Å². The van der Waals surface area contributed by atoms with E-state index in [-0.39, 0.29) is 44.5 Å². The number of anilines is 1. The maximum absolute atomic E-state index is 14.4. The Morgan fingerprint density at radius 3 is 2.15 bits per heavy atom. The Balaban J connectivity index is 1.46. The number of aromatic hydroxyl groups is 3. The fourth-order valence-corrected chi connectivity index (χ4v) is 9.08. The number of ketones is 1. The van der Waals surface area contributed by atoms with Gasteiger partial charge >= 0.3 is 5.79 Å².